The second-order valence-electron chi connectivity index (χ2n) is 6.78. The number of cyclic esters (lactones) is 1. The predicted octanol–water partition coefficient (Wildman–Crippen LogP) is 3.19. The maximum atomic E-state index is 12.5. The van der Waals surface area contributed by atoms with Crippen LogP contribution in [0.25, 0.3) is 0 Å². The van der Waals surface area contributed by atoms with Crippen molar-refractivity contribution in [2.45, 2.75) is 12.3 Å². The fourth-order valence-electron chi connectivity index (χ4n) is 4.26. The zero-order valence-corrected chi connectivity index (χ0v) is 15.2. The fraction of sp³-hybridized carbons (Fsp3) is 0.381. The zero-order valence-electron chi connectivity index (χ0n) is 15.2. The van der Waals surface area contributed by atoms with Gasteiger partial charge in [-0.1, -0.05) is 12.1 Å². The number of carbonyl (C=O) groups is 1. The first kappa shape index (κ1) is 16.8. The molecule has 2 aliphatic rings. The number of methoxy groups -OCH3 is 3. The molecule has 136 valence electrons. The average Bonchev–Trinajstić information content (AvgIpc) is 3.05. The molecule has 0 saturated carbocycles. The molecule has 2 aromatic carbocycles. The highest BCUT2D eigenvalue weighted by Crippen LogP contribution is 2.48. The highest BCUT2D eigenvalue weighted by Gasteiger charge is 2.47. The summed E-state index contributed by atoms with van der Waals surface area (Å²) in [6, 6.07) is 12.0. The summed E-state index contributed by atoms with van der Waals surface area (Å²) in [7, 11) is 4.89. The first-order chi connectivity index (χ1) is 12.7. The minimum absolute atomic E-state index is 0.0892. The van der Waals surface area contributed by atoms with Crippen LogP contribution in [-0.2, 0) is 16.0 Å². The van der Waals surface area contributed by atoms with E-state index in [0.29, 0.717) is 18.1 Å². The first-order valence-corrected chi connectivity index (χ1v) is 8.71. The Hall–Kier alpha value is -2.69. The molecule has 0 radical (unpaired) electrons. The van der Waals surface area contributed by atoms with Gasteiger partial charge in [-0.05, 0) is 47.4 Å². The van der Waals surface area contributed by atoms with Crippen LogP contribution in [0.15, 0.2) is 36.4 Å². The summed E-state index contributed by atoms with van der Waals surface area (Å²) in [5, 5.41) is 0. The van der Waals surface area contributed by atoms with E-state index in [9.17, 15) is 4.79 Å². The SMILES string of the molecule is COc1ccc2c(c1)[C@H](c1ccc(OC)c(OC)c1)[C@H]1C(=O)OC[C@H]1C2. The van der Waals surface area contributed by atoms with Crippen LogP contribution in [0.3, 0.4) is 0 Å². The maximum absolute atomic E-state index is 12.5. The van der Waals surface area contributed by atoms with Gasteiger partial charge in [0, 0.05) is 11.8 Å². The van der Waals surface area contributed by atoms with Crippen LogP contribution in [0.4, 0.5) is 0 Å². The molecular formula is C21H22O5. The Labute approximate surface area is 152 Å². The molecule has 1 aliphatic heterocycles. The van der Waals surface area contributed by atoms with Crippen LogP contribution in [0.1, 0.15) is 22.6 Å². The monoisotopic (exact) mass is 354 g/mol. The molecule has 0 aromatic heterocycles. The molecule has 4 rings (SSSR count). The Balaban J connectivity index is 1.88. The molecule has 1 heterocycles. The Bertz CT molecular complexity index is 844. The molecule has 1 fully saturated rings. The minimum atomic E-state index is -0.187. The van der Waals surface area contributed by atoms with Crippen molar-refractivity contribution in [1.82, 2.24) is 0 Å². The third kappa shape index (κ3) is 2.59. The Morgan fingerprint density at radius 1 is 0.962 bits per heavy atom. The molecule has 0 spiro atoms. The molecule has 5 heteroatoms. The maximum Gasteiger partial charge on any atom is 0.310 e. The third-order valence-corrected chi connectivity index (χ3v) is 5.52. The Kier molecular flexibility index (Phi) is 4.23. The Morgan fingerprint density at radius 3 is 2.50 bits per heavy atom. The molecule has 0 bridgehead atoms. The molecule has 0 unspecified atom stereocenters. The van der Waals surface area contributed by atoms with Crippen molar-refractivity contribution < 1.29 is 23.7 Å². The zero-order chi connectivity index (χ0) is 18.3. The van der Waals surface area contributed by atoms with Gasteiger partial charge in [0.15, 0.2) is 11.5 Å². The van der Waals surface area contributed by atoms with Crippen LogP contribution in [0, 0.1) is 11.8 Å². The second kappa shape index (κ2) is 6.56. The van der Waals surface area contributed by atoms with Crippen molar-refractivity contribution in [2.75, 3.05) is 27.9 Å². The fourth-order valence-corrected chi connectivity index (χ4v) is 4.26. The van der Waals surface area contributed by atoms with Crippen molar-refractivity contribution in [1.29, 1.82) is 0 Å². The molecule has 1 saturated heterocycles. The van der Waals surface area contributed by atoms with Gasteiger partial charge in [0.05, 0.1) is 33.9 Å². The number of benzene rings is 2. The summed E-state index contributed by atoms with van der Waals surface area (Å²) in [6.07, 6.45) is 0.847. The smallest absolute Gasteiger partial charge is 0.310 e. The lowest BCUT2D eigenvalue weighted by Gasteiger charge is -2.33. The van der Waals surface area contributed by atoms with Crippen LogP contribution >= 0.6 is 0 Å². The average molecular weight is 354 g/mol. The largest absolute Gasteiger partial charge is 0.497 e. The first-order valence-electron chi connectivity index (χ1n) is 8.71. The minimum Gasteiger partial charge on any atom is -0.497 e. The highest BCUT2D eigenvalue weighted by atomic mass is 16.5. The van der Waals surface area contributed by atoms with Crippen LogP contribution in [0.5, 0.6) is 17.2 Å². The highest BCUT2D eigenvalue weighted by molar-refractivity contribution is 5.78. The van der Waals surface area contributed by atoms with E-state index in [1.165, 1.54) is 5.56 Å². The van der Waals surface area contributed by atoms with Crippen LogP contribution in [0.2, 0.25) is 0 Å². The van der Waals surface area contributed by atoms with Gasteiger partial charge in [-0.25, -0.2) is 0 Å². The standard InChI is InChI=1S/C21H22O5/c1-23-15-6-4-12-8-14-11-26-21(22)20(14)19(16(12)10-15)13-5-7-17(24-2)18(9-13)25-3/h4-7,9-10,14,19-20H,8,11H2,1-3H3/t14-,19+,20+/m1/s1. The number of hydrogen-bond acceptors (Lipinski definition) is 5. The number of ether oxygens (including phenoxy) is 4. The van der Waals surface area contributed by atoms with Gasteiger partial charge in [-0.15, -0.1) is 0 Å². The summed E-state index contributed by atoms with van der Waals surface area (Å²) in [5.41, 5.74) is 3.38. The number of rotatable bonds is 4. The molecule has 0 N–H and O–H groups in total. The van der Waals surface area contributed by atoms with E-state index in [4.69, 9.17) is 18.9 Å². The molecule has 2 aromatic rings. The quantitative estimate of drug-likeness (QED) is 0.790. The van der Waals surface area contributed by atoms with Gasteiger partial charge in [-0.2, -0.15) is 0 Å². The van der Waals surface area contributed by atoms with Crippen LogP contribution in [-0.4, -0.2) is 33.9 Å². The third-order valence-electron chi connectivity index (χ3n) is 5.52. The molecule has 3 atom stereocenters. The van der Waals surface area contributed by atoms with E-state index < -0.39 is 0 Å². The van der Waals surface area contributed by atoms with E-state index in [1.54, 1.807) is 21.3 Å². The van der Waals surface area contributed by atoms with Gasteiger partial charge in [0.1, 0.15) is 5.75 Å². The second-order valence-corrected chi connectivity index (χ2v) is 6.78. The molecular weight excluding hydrogens is 332 g/mol. The van der Waals surface area contributed by atoms with E-state index in [1.807, 2.05) is 30.3 Å². The normalized spacial score (nSPS) is 23.7. The van der Waals surface area contributed by atoms with E-state index in [-0.39, 0.29) is 23.7 Å². The van der Waals surface area contributed by atoms with Crippen molar-refractivity contribution in [3.8, 4) is 17.2 Å². The number of esters is 1. The van der Waals surface area contributed by atoms with E-state index in [2.05, 4.69) is 6.07 Å². The Morgan fingerprint density at radius 2 is 1.77 bits per heavy atom. The van der Waals surface area contributed by atoms with Crippen LogP contribution < -0.4 is 14.2 Å². The lowest BCUT2D eigenvalue weighted by molar-refractivity contribution is -0.141. The molecule has 5 nitrogen and oxygen atoms in total. The van der Waals surface area contributed by atoms with Crippen molar-refractivity contribution in [2.24, 2.45) is 11.8 Å². The molecule has 1 aliphatic carbocycles. The van der Waals surface area contributed by atoms with Gasteiger partial charge in [-0.3, -0.25) is 4.79 Å². The predicted molar refractivity (Wildman–Crippen MR) is 96.0 cm³/mol. The number of carbonyl (C=O) groups excluding carboxylic acids is 1. The summed E-state index contributed by atoms with van der Waals surface area (Å²) in [6.45, 7) is 0.485. The topological polar surface area (TPSA) is 54.0 Å². The molecule has 0 amide bonds. The number of hydrogen-bond donors (Lipinski definition) is 0. The van der Waals surface area contributed by atoms with Gasteiger partial charge >= 0.3 is 5.97 Å². The van der Waals surface area contributed by atoms with Crippen molar-refractivity contribution in [3.63, 3.8) is 0 Å². The summed E-state index contributed by atoms with van der Waals surface area (Å²) < 4.78 is 21.7. The van der Waals surface area contributed by atoms with E-state index in [0.717, 1.165) is 23.3 Å². The van der Waals surface area contributed by atoms with Gasteiger partial charge < -0.3 is 18.9 Å². The lowest BCUT2D eigenvalue weighted by atomic mass is 9.67. The van der Waals surface area contributed by atoms with Gasteiger partial charge in [0.2, 0.25) is 0 Å². The summed E-state index contributed by atoms with van der Waals surface area (Å²) in [5.74, 6) is 1.91. The van der Waals surface area contributed by atoms with E-state index >= 15 is 0 Å². The molecule has 26 heavy (non-hydrogen) atoms. The van der Waals surface area contributed by atoms with Crippen molar-refractivity contribution >= 4 is 5.97 Å². The lowest BCUT2D eigenvalue weighted by Crippen LogP contribution is -2.31. The number of fused-ring (bicyclic) bond motifs is 2. The summed E-state index contributed by atoms with van der Waals surface area (Å²) >= 11 is 0. The van der Waals surface area contributed by atoms with Crippen molar-refractivity contribution in [3.05, 3.63) is 53.1 Å². The summed E-state index contributed by atoms with van der Waals surface area (Å²) in [4.78, 5) is 12.5. The van der Waals surface area contributed by atoms with Gasteiger partial charge in [0.25, 0.3) is 0 Å².